The molecule has 0 N–H and O–H groups in total. The lowest BCUT2D eigenvalue weighted by molar-refractivity contribution is 0.137. The molecule has 1 fully saturated rings. The van der Waals surface area contributed by atoms with Crippen LogP contribution in [0.2, 0.25) is 18.1 Å². The molecule has 2 atom stereocenters. The summed E-state index contributed by atoms with van der Waals surface area (Å²) in [7, 11) is -6.21. The lowest BCUT2D eigenvalue weighted by Gasteiger charge is -2.46. The number of alkyl halides is 1. The van der Waals surface area contributed by atoms with Crippen LogP contribution in [-0.2, 0) is 18.0 Å². The molecule has 0 radical (unpaired) electrons. The van der Waals surface area contributed by atoms with E-state index in [0.717, 1.165) is 31.3 Å². The molecule has 0 aromatic heterocycles. The first-order valence-electron chi connectivity index (χ1n) is 10.5. The molecule has 2 rings (SSSR count). The smallest absolute Gasteiger partial charge is 0.372 e. The molecule has 0 amide bonds. The van der Waals surface area contributed by atoms with Gasteiger partial charge in [-0.25, -0.2) is 4.39 Å². The molecule has 0 aromatic rings. The summed E-state index contributed by atoms with van der Waals surface area (Å²) in [4.78, 5) is 0. The van der Waals surface area contributed by atoms with Crippen LogP contribution in [-0.4, -0.2) is 26.9 Å². The van der Waals surface area contributed by atoms with E-state index >= 15 is 4.39 Å². The second-order valence-electron chi connectivity index (χ2n) is 9.40. The van der Waals surface area contributed by atoms with Gasteiger partial charge in [0.25, 0.3) is 0 Å². The molecule has 4 nitrogen and oxygen atoms in total. The molecular weight excluding hydrogens is 394 g/mol. The van der Waals surface area contributed by atoms with Gasteiger partial charge in [-0.05, 0) is 62.4 Å². The summed E-state index contributed by atoms with van der Waals surface area (Å²) in [5.74, 6) is 0.521. The summed E-state index contributed by atoms with van der Waals surface area (Å²) < 4.78 is 47.6. The van der Waals surface area contributed by atoms with Gasteiger partial charge in [-0.2, -0.15) is 0 Å². The molecule has 28 heavy (non-hydrogen) atoms. The van der Waals surface area contributed by atoms with Crippen molar-refractivity contribution in [3.63, 3.8) is 0 Å². The third kappa shape index (κ3) is 4.21. The maximum Gasteiger partial charge on any atom is 0.372 e. The second kappa shape index (κ2) is 8.37. The van der Waals surface area contributed by atoms with Crippen LogP contribution in [0.15, 0.2) is 23.5 Å². The molecule has 162 valence electrons. The first-order valence-corrected chi connectivity index (χ1v) is 15.0. The van der Waals surface area contributed by atoms with Crippen LogP contribution in [0.3, 0.4) is 0 Å². The Labute approximate surface area is 171 Å². The number of rotatable bonds is 7. The third-order valence-corrected chi connectivity index (χ3v) is 13.4. The van der Waals surface area contributed by atoms with Crippen molar-refractivity contribution in [3.8, 4) is 0 Å². The van der Waals surface area contributed by atoms with Gasteiger partial charge in [-0.3, -0.25) is 4.57 Å². The van der Waals surface area contributed by atoms with E-state index in [1.807, 2.05) is 0 Å². The van der Waals surface area contributed by atoms with Crippen LogP contribution < -0.4 is 0 Å². The van der Waals surface area contributed by atoms with Crippen molar-refractivity contribution < 1.29 is 22.4 Å². The SMILES string of the molecule is C=C1[C@@H]2CCCCC2=C(O[Si](C)(C)C(C)(C)C)C[C@]1(F)P(=O)(OCC)OCC. The van der Waals surface area contributed by atoms with Gasteiger partial charge in [0.2, 0.25) is 13.7 Å². The first kappa shape index (κ1) is 23.9. The zero-order chi connectivity index (χ0) is 21.4. The Balaban J connectivity index is 2.55. The molecule has 0 bridgehead atoms. The molecule has 0 saturated heterocycles. The number of hydrogen-bond donors (Lipinski definition) is 0. The number of halogens is 1. The quantitative estimate of drug-likeness (QED) is 0.240. The van der Waals surface area contributed by atoms with Gasteiger partial charge < -0.3 is 13.5 Å². The third-order valence-electron chi connectivity index (χ3n) is 6.49. The van der Waals surface area contributed by atoms with E-state index in [4.69, 9.17) is 13.5 Å². The molecule has 0 heterocycles. The Bertz CT molecular complexity index is 672. The van der Waals surface area contributed by atoms with Gasteiger partial charge in [0.15, 0.2) is 0 Å². The molecule has 0 aliphatic heterocycles. The fraction of sp³-hybridized carbons (Fsp3) is 0.810. The Morgan fingerprint density at radius 1 is 1.21 bits per heavy atom. The topological polar surface area (TPSA) is 44.8 Å². The maximum atomic E-state index is 16.6. The van der Waals surface area contributed by atoms with Crippen LogP contribution in [0.4, 0.5) is 4.39 Å². The summed E-state index contributed by atoms with van der Waals surface area (Å²) in [5, 5.41) is -2.26. The predicted octanol–water partition coefficient (Wildman–Crippen LogP) is 7.34. The molecule has 2 aliphatic rings. The van der Waals surface area contributed by atoms with E-state index in [0.29, 0.717) is 11.3 Å². The molecule has 2 aliphatic carbocycles. The van der Waals surface area contributed by atoms with Crippen molar-refractivity contribution >= 4 is 15.9 Å². The van der Waals surface area contributed by atoms with Crippen LogP contribution in [0.1, 0.15) is 66.7 Å². The summed E-state index contributed by atoms with van der Waals surface area (Å²) in [5.41, 5.74) is 1.49. The monoisotopic (exact) mass is 432 g/mol. The van der Waals surface area contributed by atoms with Crippen molar-refractivity contribution in [2.75, 3.05) is 13.2 Å². The highest BCUT2D eigenvalue weighted by molar-refractivity contribution is 7.55. The fourth-order valence-corrected chi connectivity index (χ4v) is 6.99. The Hall–Kier alpha value is -0.423. The Morgan fingerprint density at radius 3 is 2.29 bits per heavy atom. The second-order valence-corrected chi connectivity index (χ2v) is 16.3. The number of allylic oxidation sites excluding steroid dienone is 3. The van der Waals surface area contributed by atoms with E-state index in [2.05, 4.69) is 40.4 Å². The summed E-state index contributed by atoms with van der Waals surface area (Å²) in [6.07, 6.45) is 3.66. The van der Waals surface area contributed by atoms with E-state index in [1.165, 1.54) is 0 Å². The highest BCUT2D eigenvalue weighted by Gasteiger charge is 2.60. The Morgan fingerprint density at radius 2 is 1.79 bits per heavy atom. The van der Waals surface area contributed by atoms with E-state index in [1.54, 1.807) is 13.8 Å². The largest absolute Gasteiger partial charge is 0.546 e. The maximum absolute atomic E-state index is 16.6. The summed E-state index contributed by atoms with van der Waals surface area (Å²) >= 11 is 0. The molecule has 7 heteroatoms. The van der Waals surface area contributed by atoms with Crippen molar-refractivity contribution in [2.45, 2.75) is 90.3 Å². The van der Waals surface area contributed by atoms with Gasteiger partial charge in [-0.1, -0.05) is 33.8 Å². The molecule has 1 saturated carbocycles. The van der Waals surface area contributed by atoms with E-state index in [9.17, 15) is 4.57 Å². The van der Waals surface area contributed by atoms with Crippen LogP contribution in [0.5, 0.6) is 0 Å². The van der Waals surface area contributed by atoms with E-state index < -0.39 is 21.3 Å². The number of fused-ring (bicyclic) bond motifs is 1. The van der Waals surface area contributed by atoms with Crippen LogP contribution in [0.25, 0.3) is 0 Å². The van der Waals surface area contributed by atoms with Crippen molar-refractivity contribution in [1.29, 1.82) is 0 Å². The van der Waals surface area contributed by atoms with Crippen molar-refractivity contribution in [1.82, 2.24) is 0 Å². The van der Waals surface area contributed by atoms with Gasteiger partial charge in [0.1, 0.15) is 0 Å². The van der Waals surface area contributed by atoms with Crippen LogP contribution in [0, 0.1) is 5.92 Å². The minimum Gasteiger partial charge on any atom is -0.546 e. The van der Waals surface area contributed by atoms with Gasteiger partial charge >= 0.3 is 7.60 Å². The minimum absolute atomic E-state index is 0.0122. The standard InChI is InChI=1S/C21H38FO4PSi/c1-9-24-27(23,25-10-2)21(22)15-19(26-28(7,8)20(4,5)6)18-14-12-11-13-17(18)16(21)3/h17H,3,9-15H2,1-2,4-8H3/t17-,21-/m0/s1. The highest BCUT2D eigenvalue weighted by atomic mass is 31.2. The highest BCUT2D eigenvalue weighted by Crippen LogP contribution is 2.69. The van der Waals surface area contributed by atoms with Gasteiger partial charge in [0, 0.05) is 5.92 Å². The molecule has 0 spiro atoms. The van der Waals surface area contributed by atoms with Crippen molar-refractivity contribution in [3.05, 3.63) is 23.5 Å². The average molecular weight is 433 g/mol. The normalized spacial score (nSPS) is 27.0. The Kier molecular flexibility index (Phi) is 7.13. The molecule has 0 unspecified atom stereocenters. The van der Waals surface area contributed by atoms with Crippen molar-refractivity contribution in [2.24, 2.45) is 5.92 Å². The zero-order valence-corrected chi connectivity index (χ0v) is 20.6. The summed E-state index contributed by atoms with van der Waals surface area (Å²) in [6, 6.07) is 0. The van der Waals surface area contributed by atoms with E-state index in [-0.39, 0.29) is 30.6 Å². The zero-order valence-electron chi connectivity index (χ0n) is 18.7. The molecule has 0 aromatic carbocycles. The fourth-order valence-electron chi connectivity index (χ4n) is 3.85. The lowest BCUT2D eigenvalue weighted by atomic mass is 9.73. The lowest BCUT2D eigenvalue weighted by Crippen LogP contribution is -2.44. The summed E-state index contributed by atoms with van der Waals surface area (Å²) in [6.45, 7) is 18.5. The minimum atomic E-state index is -4.03. The average Bonchev–Trinajstić information content (AvgIpc) is 2.58. The first-order chi connectivity index (χ1) is 12.8. The van der Waals surface area contributed by atoms with Crippen LogP contribution >= 0.6 is 7.60 Å². The molecular formula is C21H38FO4PSi. The number of hydrogen-bond acceptors (Lipinski definition) is 4. The predicted molar refractivity (Wildman–Crippen MR) is 116 cm³/mol. The van der Waals surface area contributed by atoms with Gasteiger partial charge in [0.05, 0.1) is 25.4 Å². The van der Waals surface area contributed by atoms with Gasteiger partial charge in [-0.15, -0.1) is 0 Å².